The number of hydrogen-bond acceptors (Lipinski definition) is 3. The summed E-state index contributed by atoms with van der Waals surface area (Å²) in [5, 5.41) is 0.419. The van der Waals surface area contributed by atoms with Gasteiger partial charge in [0.2, 0.25) is 5.91 Å². The fourth-order valence-corrected chi connectivity index (χ4v) is 2.31. The summed E-state index contributed by atoms with van der Waals surface area (Å²) < 4.78 is 0. The Hall–Kier alpha value is -0.510. The van der Waals surface area contributed by atoms with E-state index in [-0.39, 0.29) is 16.4 Å². The monoisotopic (exact) mass is 157 g/mol. The number of fused-ring (bicyclic) bond motifs is 1. The van der Waals surface area contributed by atoms with Gasteiger partial charge in [0.25, 0.3) is 0 Å². The highest BCUT2D eigenvalue weighted by atomic mass is 32.2. The zero-order valence-corrected chi connectivity index (χ0v) is 6.19. The number of amides is 1. The molecule has 10 heavy (non-hydrogen) atoms. The molecule has 2 heterocycles. The first kappa shape index (κ1) is 6.22. The van der Waals surface area contributed by atoms with E-state index in [9.17, 15) is 9.59 Å². The molecule has 54 valence electrons. The molecule has 0 aromatic rings. The van der Waals surface area contributed by atoms with Crippen LogP contribution in [0.3, 0.4) is 0 Å². The van der Waals surface area contributed by atoms with Gasteiger partial charge in [-0.2, -0.15) is 0 Å². The molecular formula is C6H7NO2S. The van der Waals surface area contributed by atoms with Crippen LogP contribution < -0.4 is 0 Å². The quantitative estimate of drug-likeness (QED) is 0.472. The van der Waals surface area contributed by atoms with Crippen molar-refractivity contribution in [2.45, 2.75) is 18.2 Å². The van der Waals surface area contributed by atoms with E-state index in [1.54, 1.807) is 4.90 Å². The van der Waals surface area contributed by atoms with Crippen molar-refractivity contribution < 1.29 is 9.59 Å². The summed E-state index contributed by atoms with van der Waals surface area (Å²) in [7, 11) is 0. The van der Waals surface area contributed by atoms with E-state index in [0.717, 1.165) is 0 Å². The molecule has 2 saturated heterocycles. The van der Waals surface area contributed by atoms with E-state index in [1.807, 2.05) is 0 Å². The lowest BCUT2D eigenvalue weighted by molar-refractivity contribution is -0.142. The van der Waals surface area contributed by atoms with Crippen LogP contribution in [0.25, 0.3) is 0 Å². The number of nitrogens with zero attached hydrogens (tertiary/aromatic N) is 1. The number of thioether (sulfide) groups is 1. The van der Waals surface area contributed by atoms with Gasteiger partial charge < -0.3 is 4.90 Å². The maximum Gasteiger partial charge on any atom is 0.226 e. The van der Waals surface area contributed by atoms with Gasteiger partial charge in [-0.05, 0) is 0 Å². The van der Waals surface area contributed by atoms with Gasteiger partial charge >= 0.3 is 0 Å². The van der Waals surface area contributed by atoms with Crippen LogP contribution in [0.5, 0.6) is 0 Å². The first-order valence-electron chi connectivity index (χ1n) is 3.26. The van der Waals surface area contributed by atoms with Gasteiger partial charge in [-0.3, -0.25) is 9.59 Å². The smallest absolute Gasteiger partial charge is 0.226 e. The average molecular weight is 157 g/mol. The summed E-state index contributed by atoms with van der Waals surface area (Å²) >= 11 is 1.31. The zero-order chi connectivity index (χ0) is 7.14. The summed E-state index contributed by atoms with van der Waals surface area (Å²) in [5.41, 5.74) is 0. The van der Waals surface area contributed by atoms with Crippen LogP contribution in [0.15, 0.2) is 0 Å². The molecule has 3 nitrogen and oxygen atoms in total. The van der Waals surface area contributed by atoms with Crippen molar-refractivity contribution in [1.29, 1.82) is 0 Å². The summed E-state index contributed by atoms with van der Waals surface area (Å²) in [6.45, 7) is 0.648. The number of β-lactam (4-membered cyclic amide) rings is 1. The first-order chi connectivity index (χ1) is 4.77. The van der Waals surface area contributed by atoms with Gasteiger partial charge in [-0.1, -0.05) is 11.8 Å². The Kier molecular flexibility index (Phi) is 1.23. The fraction of sp³-hybridized carbons (Fsp3) is 0.667. The summed E-state index contributed by atoms with van der Waals surface area (Å²) in [6, 6.07) is 0. The number of carbonyl (C=O) groups excluding carboxylic acids is 2. The largest absolute Gasteiger partial charge is 0.329 e. The fourth-order valence-electron chi connectivity index (χ4n) is 1.22. The summed E-state index contributed by atoms with van der Waals surface area (Å²) in [4.78, 5) is 23.3. The van der Waals surface area contributed by atoms with E-state index >= 15 is 0 Å². The lowest BCUT2D eigenvalue weighted by Gasteiger charge is -2.42. The highest BCUT2D eigenvalue weighted by Crippen LogP contribution is 2.34. The first-order valence-corrected chi connectivity index (χ1v) is 4.14. The van der Waals surface area contributed by atoms with E-state index < -0.39 is 0 Å². The van der Waals surface area contributed by atoms with Crippen molar-refractivity contribution in [3.8, 4) is 0 Å². The molecule has 2 rings (SSSR count). The normalized spacial score (nSPS) is 31.6. The Morgan fingerprint density at radius 3 is 2.90 bits per heavy atom. The summed E-state index contributed by atoms with van der Waals surface area (Å²) in [6.07, 6.45) is 1.10. The number of rotatable bonds is 0. The lowest BCUT2D eigenvalue weighted by Crippen LogP contribution is -2.54. The molecule has 0 aromatic carbocycles. The number of carbonyl (C=O) groups is 2. The van der Waals surface area contributed by atoms with Crippen LogP contribution in [0.1, 0.15) is 12.8 Å². The van der Waals surface area contributed by atoms with Gasteiger partial charge in [-0.15, -0.1) is 0 Å². The van der Waals surface area contributed by atoms with Crippen molar-refractivity contribution in [2.75, 3.05) is 6.54 Å². The minimum absolute atomic E-state index is 0.189. The molecule has 0 aromatic heterocycles. The van der Waals surface area contributed by atoms with E-state index in [0.29, 0.717) is 19.4 Å². The molecule has 0 aliphatic carbocycles. The van der Waals surface area contributed by atoms with Crippen molar-refractivity contribution in [2.24, 2.45) is 0 Å². The second-order valence-corrected chi connectivity index (χ2v) is 3.72. The van der Waals surface area contributed by atoms with Crippen molar-refractivity contribution in [3.63, 3.8) is 0 Å². The SMILES string of the molecule is O=C1CCN2C(=O)C[C@@H]2S1. The molecule has 0 N–H and O–H groups in total. The molecule has 0 radical (unpaired) electrons. The van der Waals surface area contributed by atoms with Gasteiger partial charge in [0.05, 0.1) is 11.8 Å². The maximum atomic E-state index is 10.8. The topological polar surface area (TPSA) is 37.4 Å². The minimum Gasteiger partial charge on any atom is -0.329 e. The lowest BCUT2D eigenvalue weighted by atomic mass is 10.2. The van der Waals surface area contributed by atoms with Crippen molar-refractivity contribution in [1.82, 2.24) is 4.90 Å². The standard InChI is InChI=1S/C6H7NO2S/c8-4-3-5-7(4)2-1-6(9)10-5/h5H,1-3H2/t5-/m0/s1. The molecule has 0 saturated carbocycles. The Morgan fingerprint density at radius 2 is 2.30 bits per heavy atom. The van der Waals surface area contributed by atoms with E-state index in [1.165, 1.54) is 11.8 Å². The van der Waals surface area contributed by atoms with Crippen LogP contribution in [-0.4, -0.2) is 27.8 Å². The maximum absolute atomic E-state index is 10.8. The molecule has 1 amide bonds. The molecule has 0 unspecified atom stereocenters. The Balaban J connectivity index is 2.05. The van der Waals surface area contributed by atoms with Crippen LogP contribution in [0.2, 0.25) is 0 Å². The molecule has 2 aliphatic rings. The van der Waals surface area contributed by atoms with Crippen LogP contribution >= 0.6 is 11.8 Å². The highest BCUT2D eigenvalue weighted by molar-refractivity contribution is 8.14. The molecule has 0 bridgehead atoms. The summed E-state index contributed by atoms with van der Waals surface area (Å²) in [5.74, 6) is 0.199. The predicted molar refractivity (Wildman–Crippen MR) is 37.3 cm³/mol. The second kappa shape index (κ2) is 1.99. The molecule has 2 aliphatic heterocycles. The molecule has 4 heteroatoms. The van der Waals surface area contributed by atoms with Gasteiger partial charge in [0, 0.05) is 13.0 Å². The Bertz CT molecular complexity index is 198. The van der Waals surface area contributed by atoms with Crippen molar-refractivity contribution >= 4 is 22.8 Å². The molecule has 0 spiro atoms. The second-order valence-electron chi connectivity index (χ2n) is 2.49. The van der Waals surface area contributed by atoms with Gasteiger partial charge in [0.15, 0.2) is 5.12 Å². The zero-order valence-electron chi connectivity index (χ0n) is 5.37. The third-order valence-corrected chi connectivity index (χ3v) is 3.00. The third-order valence-electron chi connectivity index (χ3n) is 1.84. The Morgan fingerprint density at radius 1 is 1.50 bits per heavy atom. The third kappa shape index (κ3) is 0.751. The van der Waals surface area contributed by atoms with Gasteiger partial charge in [0.1, 0.15) is 0 Å². The van der Waals surface area contributed by atoms with E-state index in [4.69, 9.17) is 0 Å². The molecule has 1 atom stereocenters. The van der Waals surface area contributed by atoms with Crippen LogP contribution in [0.4, 0.5) is 0 Å². The van der Waals surface area contributed by atoms with Gasteiger partial charge in [-0.25, -0.2) is 0 Å². The average Bonchev–Trinajstić information content (AvgIpc) is 1.86. The molecular weight excluding hydrogens is 150 g/mol. The Labute approximate surface area is 62.8 Å². The van der Waals surface area contributed by atoms with Crippen molar-refractivity contribution in [3.05, 3.63) is 0 Å². The van der Waals surface area contributed by atoms with Crippen LogP contribution in [-0.2, 0) is 9.59 Å². The van der Waals surface area contributed by atoms with Crippen LogP contribution in [0, 0.1) is 0 Å². The highest BCUT2D eigenvalue weighted by Gasteiger charge is 2.40. The molecule has 2 fully saturated rings. The minimum atomic E-state index is 0.189. The predicted octanol–water partition coefficient (Wildman–Crippen LogP) is 0.208. The van der Waals surface area contributed by atoms with E-state index in [2.05, 4.69) is 0 Å². The number of hydrogen-bond donors (Lipinski definition) is 0.